The first-order chi connectivity index (χ1) is 3.71. The first-order valence-corrected chi connectivity index (χ1v) is 4.83. The van der Waals surface area contributed by atoms with Crippen molar-refractivity contribution in [3.63, 3.8) is 0 Å². The molecule has 2 N–H and O–H groups in total. The van der Waals surface area contributed by atoms with Crippen molar-refractivity contribution >= 4 is 20.2 Å². The van der Waals surface area contributed by atoms with Gasteiger partial charge in [-0.15, -0.1) is 0 Å². The molecule has 0 aromatic rings. The van der Waals surface area contributed by atoms with Crippen molar-refractivity contribution in [1.29, 1.82) is 0 Å². The summed E-state index contributed by atoms with van der Waals surface area (Å²) in [6.07, 6.45) is 0. The van der Waals surface area contributed by atoms with Crippen LogP contribution in [-0.2, 0) is 20.2 Å². The van der Waals surface area contributed by atoms with Crippen molar-refractivity contribution in [1.82, 2.24) is 0 Å². The Balaban J connectivity index is -0.0000000533. The quantitative estimate of drug-likeness (QED) is 0.345. The summed E-state index contributed by atoms with van der Waals surface area (Å²) >= 11 is 0. The molecule has 0 radical (unpaired) electrons. The number of rotatable bonds is 2. The fraction of sp³-hybridized carbons (Fsp3) is 1.00. The van der Waals surface area contributed by atoms with E-state index in [-0.39, 0.29) is 51.3 Å². The fourth-order valence-electron chi connectivity index (χ4n) is 0.188. The van der Waals surface area contributed by atoms with E-state index >= 15 is 0 Å². The molecule has 0 fully saturated rings. The van der Waals surface area contributed by atoms with Crippen LogP contribution >= 0.6 is 0 Å². The van der Waals surface area contributed by atoms with Crippen molar-refractivity contribution in [2.24, 2.45) is 0 Å². The predicted octanol–water partition coefficient (Wildman–Crippen LogP) is -7.05. The Kier molecular flexibility index (Phi) is 9.89. The standard InChI is InChI=1S/CH4O6S2.Li.Na.2H/c2-8(3,4)1-9(5,6)7;;;;/h1H2,(H,2,3,4)(H,5,6,7);;;;/q;2*+1;2*-1. The molecule has 0 spiro atoms. The maximum absolute atomic E-state index is 9.66. The summed E-state index contributed by atoms with van der Waals surface area (Å²) < 4.78 is 54.2. The molecule has 0 saturated heterocycles. The van der Waals surface area contributed by atoms with Crippen LogP contribution in [0.5, 0.6) is 0 Å². The van der Waals surface area contributed by atoms with Crippen molar-refractivity contribution in [3.05, 3.63) is 0 Å². The Bertz CT molecular complexity index is 254. The third kappa shape index (κ3) is 18.4. The van der Waals surface area contributed by atoms with Crippen LogP contribution in [0.1, 0.15) is 2.85 Å². The van der Waals surface area contributed by atoms with E-state index in [1.165, 1.54) is 0 Å². The smallest absolute Gasteiger partial charge is 1.00 e. The van der Waals surface area contributed by atoms with Gasteiger partial charge in [0.2, 0.25) is 5.08 Å². The van der Waals surface area contributed by atoms with Crippen LogP contribution in [0.25, 0.3) is 0 Å². The van der Waals surface area contributed by atoms with Gasteiger partial charge in [0, 0.05) is 0 Å². The molecule has 10 heteroatoms. The van der Waals surface area contributed by atoms with E-state index in [1.54, 1.807) is 0 Å². The third-order valence-electron chi connectivity index (χ3n) is 0.298. The maximum Gasteiger partial charge on any atom is 1.00 e. The summed E-state index contributed by atoms with van der Waals surface area (Å²) in [4.78, 5) is 0. The van der Waals surface area contributed by atoms with E-state index in [4.69, 9.17) is 9.11 Å². The molecular formula is CH6LiNaO6S2. The summed E-state index contributed by atoms with van der Waals surface area (Å²) in [5.41, 5.74) is 0. The molecule has 6 nitrogen and oxygen atoms in total. The third-order valence-corrected chi connectivity index (χ3v) is 2.68. The first-order valence-electron chi connectivity index (χ1n) is 1.61. The summed E-state index contributed by atoms with van der Waals surface area (Å²) in [6.45, 7) is 0. The predicted molar refractivity (Wildman–Crippen MR) is 30.2 cm³/mol. The largest absolute Gasteiger partial charge is 1.00 e. The van der Waals surface area contributed by atoms with Gasteiger partial charge in [-0.25, -0.2) is 0 Å². The molecule has 0 aliphatic heterocycles. The van der Waals surface area contributed by atoms with E-state index < -0.39 is 25.3 Å². The molecule has 0 aliphatic rings. The SMILES string of the molecule is O=S(=O)(O)CS(=O)(=O)O.[H-].[H-].[Li+].[Na+]. The van der Waals surface area contributed by atoms with E-state index in [2.05, 4.69) is 0 Å². The van der Waals surface area contributed by atoms with Crippen LogP contribution in [0.15, 0.2) is 0 Å². The second kappa shape index (κ2) is 5.96. The molecule has 60 valence electrons. The Morgan fingerprint density at radius 2 is 1.18 bits per heavy atom. The maximum atomic E-state index is 9.66. The van der Waals surface area contributed by atoms with Gasteiger partial charge in [-0.05, 0) is 0 Å². The van der Waals surface area contributed by atoms with Gasteiger partial charge in [0.15, 0.2) is 0 Å². The summed E-state index contributed by atoms with van der Waals surface area (Å²) in [5.74, 6) is 0. The molecule has 0 atom stereocenters. The zero-order chi connectivity index (χ0) is 7.71. The Hall–Kier alpha value is 1.42. The van der Waals surface area contributed by atoms with Crippen molar-refractivity contribution in [3.8, 4) is 0 Å². The molecule has 0 rings (SSSR count). The topological polar surface area (TPSA) is 109 Å². The monoisotopic (exact) mass is 208 g/mol. The van der Waals surface area contributed by atoms with Crippen molar-refractivity contribution < 1.29 is 77.2 Å². The second-order valence-corrected chi connectivity index (χ2v) is 4.55. The van der Waals surface area contributed by atoms with Crippen LogP contribution < -0.4 is 48.4 Å². The van der Waals surface area contributed by atoms with Gasteiger partial charge < -0.3 is 2.85 Å². The molecule has 0 aromatic heterocycles. The minimum Gasteiger partial charge on any atom is -1.00 e. The van der Waals surface area contributed by atoms with Crippen LogP contribution in [-0.4, -0.2) is 31.0 Å². The molecule has 0 aromatic carbocycles. The van der Waals surface area contributed by atoms with E-state index in [1.807, 2.05) is 0 Å². The number of hydrogen-bond donors (Lipinski definition) is 2. The van der Waals surface area contributed by atoms with Crippen molar-refractivity contribution in [2.75, 3.05) is 5.08 Å². The van der Waals surface area contributed by atoms with Gasteiger partial charge in [0.1, 0.15) is 0 Å². The minimum atomic E-state index is -4.62. The van der Waals surface area contributed by atoms with E-state index in [9.17, 15) is 16.8 Å². The van der Waals surface area contributed by atoms with E-state index in [0.29, 0.717) is 0 Å². The summed E-state index contributed by atoms with van der Waals surface area (Å²) in [6, 6.07) is 0. The molecule has 0 amide bonds. The van der Waals surface area contributed by atoms with Crippen LogP contribution in [0, 0.1) is 0 Å². The zero-order valence-electron chi connectivity index (χ0n) is 8.05. The molecule has 0 bridgehead atoms. The molecular weight excluding hydrogens is 202 g/mol. The molecule has 0 unspecified atom stereocenters. The molecule has 0 aliphatic carbocycles. The number of hydrogen-bond acceptors (Lipinski definition) is 4. The minimum absolute atomic E-state index is 0. The average molecular weight is 208 g/mol. The van der Waals surface area contributed by atoms with Crippen LogP contribution in [0.3, 0.4) is 0 Å². The molecule has 0 saturated carbocycles. The Morgan fingerprint density at radius 3 is 1.18 bits per heavy atom. The second-order valence-electron chi connectivity index (χ2n) is 1.28. The van der Waals surface area contributed by atoms with Gasteiger partial charge >= 0.3 is 48.4 Å². The van der Waals surface area contributed by atoms with Crippen molar-refractivity contribution in [2.45, 2.75) is 0 Å². The van der Waals surface area contributed by atoms with Gasteiger partial charge in [-0.3, -0.25) is 9.11 Å². The van der Waals surface area contributed by atoms with Gasteiger partial charge in [0.25, 0.3) is 20.2 Å². The van der Waals surface area contributed by atoms with Crippen LogP contribution in [0.4, 0.5) is 0 Å². The Labute approximate surface area is 102 Å². The fourth-order valence-corrected chi connectivity index (χ4v) is 1.69. The summed E-state index contributed by atoms with van der Waals surface area (Å²) in [5, 5.41) is -1.65. The first kappa shape index (κ1) is 18.3. The summed E-state index contributed by atoms with van der Waals surface area (Å²) in [7, 11) is -9.24. The molecule has 0 heterocycles. The van der Waals surface area contributed by atoms with Gasteiger partial charge in [0.05, 0.1) is 0 Å². The van der Waals surface area contributed by atoms with Gasteiger partial charge in [-0.2, -0.15) is 16.8 Å². The van der Waals surface area contributed by atoms with Crippen LogP contribution in [0.2, 0.25) is 0 Å². The normalized spacial score (nSPS) is 11.1. The Morgan fingerprint density at radius 1 is 1.00 bits per heavy atom. The average Bonchev–Trinajstić information content (AvgIpc) is 1.14. The molecule has 11 heavy (non-hydrogen) atoms. The van der Waals surface area contributed by atoms with E-state index in [0.717, 1.165) is 0 Å². The zero-order valence-corrected chi connectivity index (χ0v) is 9.68. The van der Waals surface area contributed by atoms with Gasteiger partial charge in [-0.1, -0.05) is 0 Å².